The Kier molecular flexibility index (Phi) is 5.46. The number of hydrogen-bond donors (Lipinski definition) is 0. The summed E-state index contributed by atoms with van der Waals surface area (Å²) in [4.78, 5) is 13.7. The highest BCUT2D eigenvalue weighted by molar-refractivity contribution is 7.90. The van der Waals surface area contributed by atoms with Gasteiger partial charge in [-0.25, -0.2) is 4.79 Å². The number of amidine groups is 1. The normalized spacial score (nSPS) is 14.2. The third-order valence-corrected chi connectivity index (χ3v) is 5.34. The van der Waals surface area contributed by atoms with Gasteiger partial charge in [-0.2, -0.15) is 8.42 Å². The van der Waals surface area contributed by atoms with Crippen molar-refractivity contribution in [3.8, 4) is 5.75 Å². The molecule has 2 aromatic carbocycles. The van der Waals surface area contributed by atoms with Crippen LogP contribution in [0.2, 0.25) is 0 Å². The number of benzene rings is 2. The molecule has 0 N–H and O–H groups in total. The summed E-state index contributed by atoms with van der Waals surface area (Å²) in [7, 11) is -1.96. The minimum atomic E-state index is -3.67. The van der Waals surface area contributed by atoms with Crippen LogP contribution in [0.4, 0.5) is 0 Å². The van der Waals surface area contributed by atoms with Crippen LogP contribution in [0.25, 0.3) is 0 Å². The van der Waals surface area contributed by atoms with Gasteiger partial charge in [0, 0.05) is 12.6 Å². The first-order valence-electron chi connectivity index (χ1n) is 8.37. The Hall–Kier alpha value is -2.87. The molecule has 0 bridgehead atoms. The fourth-order valence-electron chi connectivity index (χ4n) is 2.66. The Labute approximate surface area is 158 Å². The van der Waals surface area contributed by atoms with Gasteiger partial charge in [0.05, 0.1) is 6.54 Å². The minimum absolute atomic E-state index is 0.0910. The highest BCUT2D eigenvalue weighted by Crippen LogP contribution is 2.26. The number of carbonyl (C=O) groups is 1. The number of ether oxygens (including phenoxy) is 2. The molecule has 0 amide bonds. The molecule has 1 aliphatic heterocycles. The van der Waals surface area contributed by atoms with E-state index in [2.05, 4.69) is 4.40 Å². The van der Waals surface area contributed by atoms with E-state index in [9.17, 15) is 13.2 Å². The van der Waals surface area contributed by atoms with Crippen molar-refractivity contribution < 1.29 is 22.7 Å². The number of hydrogen-bond acceptors (Lipinski definition) is 6. The predicted molar refractivity (Wildman–Crippen MR) is 100 cm³/mol. The molecule has 0 fully saturated rings. The standard InChI is InChI=1S/C19H20N2O5S/c1-14-6-5-7-15(12-14)26-13-18(22)25-11-10-21(2)19-16-8-3-4-9-17(16)27(23,24)20-19/h3-9,12H,10-11,13H2,1-2H3. The second-order valence-electron chi connectivity index (χ2n) is 6.13. The van der Waals surface area contributed by atoms with Crippen molar-refractivity contribution in [2.45, 2.75) is 11.8 Å². The van der Waals surface area contributed by atoms with Crippen LogP contribution in [0, 0.1) is 6.92 Å². The number of nitrogens with zero attached hydrogens (tertiary/aromatic N) is 2. The Bertz CT molecular complexity index is 985. The maximum atomic E-state index is 12.1. The number of sulfonamides is 1. The van der Waals surface area contributed by atoms with Gasteiger partial charge < -0.3 is 14.4 Å². The maximum Gasteiger partial charge on any atom is 0.344 e. The van der Waals surface area contributed by atoms with Gasteiger partial charge in [0.15, 0.2) is 12.4 Å². The molecule has 142 valence electrons. The first-order valence-corrected chi connectivity index (χ1v) is 9.81. The van der Waals surface area contributed by atoms with E-state index in [0.29, 0.717) is 23.7 Å². The molecule has 0 aliphatic carbocycles. The third kappa shape index (κ3) is 4.46. The Morgan fingerprint density at radius 2 is 1.93 bits per heavy atom. The molecule has 8 heteroatoms. The highest BCUT2D eigenvalue weighted by atomic mass is 32.2. The number of aryl methyl sites for hydroxylation is 1. The summed E-state index contributed by atoms with van der Waals surface area (Å²) >= 11 is 0. The molecule has 0 atom stereocenters. The molecule has 0 unspecified atom stereocenters. The number of esters is 1. The Morgan fingerprint density at radius 1 is 1.15 bits per heavy atom. The molecule has 27 heavy (non-hydrogen) atoms. The average molecular weight is 388 g/mol. The third-order valence-electron chi connectivity index (χ3n) is 4.01. The van der Waals surface area contributed by atoms with E-state index in [1.807, 2.05) is 25.1 Å². The topological polar surface area (TPSA) is 85.3 Å². The molecule has 0 aromatic heterocycles. The second kappa shape index (κ2) is 7.79. The SMILES string of the molecule is Cc1cccc(OCC(=O)OCCN(C)C2=NS(=O)(=O)c3ccccc32)c1. The summed E-state index contributed by atoms with van der Waals surface area (Å²) in [5.74, 6) is 0.454. The van der Waals surface area contributed by atoms with E-state index >= 15 is 0 Å². The highest BCUT2D eigenvalue weighted by Gasteiger charge is 2.30. The molecule has 2 aromatic rings. The summed E-state index contributed by atoms with van der Waals surface area (Å²) in [5, 5.41) is 0. The number of fused-ring (bicyclic) bond motifs is 1. The molecule has 7 nitrogen and oxygen atoms in total. The van der Waals surface area contributed by atoms with Crippen molar-refractivity contribution in [1.29, 1.82) is 0 Å². The van der Waals surface area contributed by atoms with E-state index < -0.39 is 16.0 Å². The quantitative estimate of drug-likeness (QED) is 0.704. The van der Waals surface area contributed by atoms with Gasteiger partial charge in [0.1, 0.15) is 17.3 Å². The zero-order chi connectivity index (χ0) is 19.4. The Morgan fingerprint density at radius 3 is 2.70 bits per heavy atom. The second-order valence-corrected chi connectivity index (χ2v) is 7.71. The fourth-order valence-corrected chi connectivity index (χ4v) is 3.91. The average Bonchev–Trinajstić information content (AvgIpc) is 2.92. The lowest BCUT2D eigenvalue weighted by atomic mass is 10.2. The van der Waals surface area contributed by atoms with Gasteiger partial charge in [-0.15, -0.1) is 4.40 Å². The fraction of sp³-hybridized carbons (Fsp3) is 0.263. The van der Waals surface area contributed by atoms with Crippen LogP contribution in [0.3, 0.4) is 0 Å². The van der Waals surface area contributed by atoms with E-state index in [-0.39, 0.29) is 18.1 Å². The molecule has 1 heterocycles. The molecule has 0 saturated heterocycles. The van der Waals surface area contributed by atoms with Crippen molar-refractivity contribution in [2.75, 3.05) is 26.8 Å². The van der Waals surface area contributed by atoms with Crippen molar-refractivity contribution in [3.63, 3.8) is 0 Å². The Balaban J connectivity index is 1.50. The lowest BCUT2D eigenvalue weighted by Crippen LogP contribution is -2.31. The maximum absolute atomic E-state index is 12.1. The van der Waals surface area contributed by atoms with Crippen LogP contribution in [-0.2, 0) is 19.6 Å². The lowest BCUT2D eigenvalue weighted by Gasteiger charge is -2.18. The molecule has 3 rings (SSSR count). The van der Waals surface area contributed by atoms with Gasteiger partial charge in [-0.1, -0.05) is 24.3 Å². The summed E-state index contributed by atoms with van der Waals surface area (Å²) in [6, 6.07) is 14.0. The summed E-state index contributed by atoms with van der Waals surface area (Å²) in [6.07, 6.45) is 0. The van der Waals surface area contributed by atoms with Gasteiger partial charge in [0.2, 0.25) is 0 Å². The molecule has 0 radical (unpaired) electrons. The van der Waals surface area contributed by atoms with Crippen LogP contribution >= 0.6 is 0 Å². The zero-order valence-corrected chi connectivity index (χ0v) is 15.9. The first kappa shape index (κ1) is 18.9. The largest absolute Gasteiger partial charge is 0.482 e. The molecule has 0 saturated carbocycles. The van der Waals surface area contributed by atoms with Crippen LogP contribution in [-0.4, -0.2) is 51.9 Å². The minimum Gasteiger partial charge on any atom is -0.482 e. The van der Waals surface area contributed by atoms with Crippen LogP contribution in [0.15, 0.2) is 57.8 Å². The van der Waals surface area contributed by atoms with Crippen LogP contribution < -0.4 is 4.74 Å². The molecule has 0 spiro atoms. The van der Waals surface area contributed by atoms with Gasteiger partial charge >= 0.3 is 5.97 Å². The predicted octanol–water partition coefficient (Wildman–Crippen LogP) is 2.00. The van der Waals surface area contributed by atoms with Gasteiger partial charge in [0.25, 0.3) is 10.0 Å². The van der Waals surface area contributed by atoms with Crippen molar-refractivity contribution in [2.24, 2.45) is 4.40 Å². The van der Waals surface area contributed by atoms with Crippen molar-refractivity contribution >= 4 is 21.8 Å². The summed E-state index contributed by atoms with van der Waals surface area (Å²) in [5.41, 5.74) is 1.59. The van der Waals surface area contributed by atoms with E-state index in [1.54, 1.807) is 36.2 Å². The zero-order valence-electron chi connectivity index (χ0n) is 15.1. The number of likely N-dealkylation sites (N-methyl/N-ethyl adjacent to an activating group) is 1. The van der Waals surface area contributed by atoms with Crippen LogP contribution in [0.5, 0.6) is 5.75 Å². The molecular weight excluding hydrogens is 368 g/mol. The van der Waals surface area contributed by atoms with Crippen molar-refractivity contribution in [1.82, 2.24) is 4.90 Å². The first-order chi connectivity index (χ1) is 12.9. The van der Waals surface area contributed by atoms with E-state index in [0.717, 1.165) is 5.56 Å². The van der Waals surface area contributed by atoms with E-state index in [4.69, 9.17) is 9.47 Å². The lowest BCUT2D eigenvalue weighted by molar-refractivity contribution is -0.146. The van der Waals surface area contributed by atoms with E-state index in [1.165, 1.54) is 6.07 Å². The van der Waals surface area contributed by atoms with Crippen LogP contribution in [0.1, 0.15) is 11.1 Å². The summed E-state index contributed by atoms with van der Waals surface area (Å²) < 4.78 is 38.5. The molecular formula is C19H20N2O5S. The number of carbonyl (C=O) groups excluding carboxylic acids is 1. The smallest absolute Gasteiger partial charge is 0.344 e. The number of rotatable bonds is 6. The van der Waals surface area contributed by atoms with Gasteiger partial charge in [-0.3, -0.25) is 0 Å². The molecule has 1 aliphatic rings. The van der Waals surface area contributed by atoms with Crippen molar-refractivity contribution in [3.05, 3.63) is 59.7 Å². The monoisotopic (exact) mass is 388 g/mol. The van der Waals surface area contributed by atoms with Gasteiger partial charge in [-0.05, 0) is 36.8 Å². The summed E-state index contributed by atoms with van der Waals surface area (Å²) in [6.45, 7) is 2.14.